The standard InChI is InChI=1S/C12H13FN2O3/c1-8-5-11(12(15(17)18)6-10(8)13)14-4-2-3-9(16)7-14/h5-6H,2-4,7H2,1H3. The zero-order valence-corrected chi connectivity index (χ0v) is 9.98. The molecule has 0 unspecified atom stereocenters. The van der Waals surface area contributed by atoms with E-state index < -0.39 is 10.7 Å². The van der Waals surface area contributed by atoms with E-state index in [1.165, 1.54) is 6.07 Å². The molecule has 0 N–H and O–H groups in total. The van der Waals surface area contributed by atoms with Gasteiger partial charge in [-0.2, -0.15) is 0 Å². The number of carbonyl (C=O) groups is 1. The lowest BCUT2D eigenvalue weighted by Gasteiger charge is -2.27. The van der Waals surface area contributed by atoms with Crippen molar-refractivity contribution in [2.75, 3.05) is 18.0 Å². The number of piperidine rings is 1. The van der Waals surface area contributed by atoms with Crippen molar-refractivity contribution in [1.29, 1.82) is 0 Å². The van der Waals surface area contributed by atoms with Crippen LogP contribution in [0.5, 0.6) is 0 Å². The summed E-state index contributed by atoms with van der Waals surface area (Å²) >= 11 is 0. The molecule has 6 heteroatoms. The van der Waals surface area contributed by atoms with E-state index >= 15 is 0 Å². The van der Waals surface area contributed by atoms with Crippen molar-refractivity contribution in [2.24, 2.45) is 0 Å². The number of anilines is 1. The van der Waals surface area contributed by atoms with Gasteiger partial charge in [-0.05, 0) is 25.0 Å². The molecule has 1 fully saturated rings. The van der Waals surface area contributed by atoms with Gasteiger partial charge < -0.3 is 4.90 Å². The Bertz CT molecular complexity index is 516. The Kier molecular flexibility index (Phi) is 3.27. The number of carbonyl (C=O) groups excluding carboxylic acids is 1. The largest absolute Gasteiger partial charge is 0.359 e. The van der Waals surface area contributed by atoms with Crippen molar-refractivity contribution >= 4 is 17.2 Å². The highest BCUT2D eigenvalue weighted by Gasteiger charge is 2.25. The number of hydrogen-bond donors (Lipinski definition) is 0. The van der Waals surface area contributed by atoms with E-state index in [9.17, 15) is 19.3 Å². The normalized spacial score (nSPS) is 15.9. The maximum absolute atomic E-state index is 13.4. The molecular formula is C12H13FN2O3. The van der Waals surface area contributed by atoms with E-state index in [2.05, 4.69) is 0 Å². The summed E-state index contributed by atoms with van der Waals surface area (Å²) in [6, 6.07) is 2.36. The van der Waals surface area contributed by atoms with Crippen LogP contribution < -0.4 is 4.90 Å². The fourth-order valence-electron chi connectivity index (χ4n) is 2.10. The van der Waals surface area contributed by atoms with Gasteiger partial charge in [0.1, 0.15) is 11.5 Å². The third-order valence-electron chi connectivity index (χ3n) is 3.04. The summed E-state index contributed by atoms with van der Waals surface area (Å²) in [6.07, 6.45) is 1.18. The molecule has 1 aliphatic heterocycles. The first kappa shape index (κ1) is 12.5. The van der Waals surface area contributed by atoms with E-state index in [4.69, 9.17) is 0 Å². The summed E-state index contributed by atoms with van der Waals surface area (Å²) in [6.45, 7) is 2.29. The van der Waals surface area contributed by atoms with Crippen molar-refractivity contribution in [2.45, 2.75) is 19.8 Å². The van der Waals surface area contributed by atoms with Crippen LogP contribution in [-0.2, 0) is 4.79 Å². The van der Waals surface area contributed by atoms with Gasteiger partial charge >= 0.3 is 0 Å². The molecule has 1 aromatic rings. The predicted octanol–water partition coefficient (Wildman–Crippen LogP) is 2.21. The van der Waals surface area contributed by atoms with Gasteiger partial charge in [0.15, 0.2) is 5.78 Å². The number of nitro groups is 1. The van der Waals surface area contributed by atoms with Crippen molar-refractivity contribution in [3.63, 3.8) is 0 Å². The third kappa shape index (κ3) is 2.32. The molecule has 0 radical (unpaired) electrons. The van der Waals surface area contributed by atoms with E-state index in [1.807, 2.05) is 0 Å². The molecule has 96 valence electrons. The highest BCUT2D eigenvalue weighted by Crippen LogP contribution is 2.32. The number of nitrogens with zero attached hydrogens (tertiary/aromatic N) is 2. The Morgan fingerprint density at radius 2 is 2.17 bits per heavy atom. The Morgan fingerprint density at radius 1 is 1.44 bits per heavy atom. The molecule has 1 heterocycles. The molecule has 0 spiro atoms. The Balaban J connectivity index is 2.44. The van der Waals surface area contributed by atoms with Crippen LogP contribution in [0.1, 0.15) is 18.4 Å². The molecule has 0 bridgehead atoms. The summed E-state index contributed by atoms with van der Waals surface area (Å²) < 4.78 is 13.4. The quantitative estimate of drug-likeness (QED) is 0.598. The van der Waals surface area contributed by atoms with E-state index in [0.717, 1.165) is 6.07 Å². The smallest absolute Gasteiger partial charge is 0.295 e. The number of Topliss-reactive ketones (excluding diaryl/α,β-unsaturated/α-hetero) is 1. The topological polar surface area (TPSA) is 63.5 Å². The second-order valence-corrected chi connectivity index (χ2v) is 4.41. The minimum absolute atomic E-state index is 0.0533. The van der Waals surface area contributed by atoms with Crippen LogP contribution in [0.3, 0.4) is 0 Å². The number of aryl methyl sites for hydroxylation is 1. The van der Waals surface area contributed by atoms with Crippen LogP contribution in [0, 0.1) is 22.9 Å². The molecule has 0 atom stereocenters. The number of benzene rings is 1. The first-order chi connectivity index (χ1) is 8.49. The van der Waals surface area contributed by atoms with Crippen LogP contribution in [0.25, 0.3) is 0 Å². The van der Waals surface area contributed by atoms with Crippen molar-refractivity contribution in [3.8, 4) is 0 Å². The minimum atomic E-state index is -0.614. The SMILES string of the molecule is Cc1cc(N2CCCC(=O)C2)c([N+](=O)[O-])cc1F. The molecule has 1 aromatic carbocycles. The van der Waals surface area contributed by atoms with Crippen LogP contribution in [0.2, 0.25) is 0 Å². The molecule has 18 heavy (non-hydrogen) atoms. The van der Waals surface area contributed by atoms with Gasteiger partial charge in [-0.1, -0.05) is 0 Å². The second-order valence-electron chi connectivity index (χ2n) is 4.41. The molecule has 5 nitrogen and oxygen atoms in total. The van der Waals surface area contributed by atoms with Gasteiger partial charge in [-0.3, -0.25) is 14.9 Å². The summed E-state index contributed by atoms with van der Waals surface area (Å²) in [5.74, 6) is -0.550. The van der Waals surface area contributed by atoms with E-state index in [-0.39, 0.29) is 18.0 Å². The van der Waals surface area contributed by atoms with Crippen LogP contribution in [0.4, 0.5) is 15.8 Å². The number of halogens is 1. The molecule has 0 saturated carbocycles. The highest BCUT2D eigenvalue weighted by molar-refractivity contribution is 5.85. The molecule has 0 aliphatic carbocycles. The monoisotopic (exact) mass is 252 g/mol. The van der Waals surface area contributed by atoms with Crippen LogP contribution in [-0.4, -0.2) is 23.8 Å². The zero-order chi connectivity index (χ0) is 13.3. The van der Waals surface area contributed by atoms with Gasteiger partial charge in [0.25, 0.3) is 5.69 Å². The number of ketones is 1. The molecule has 0 amide bonds. The van der Waals surface area contributed by atoms with Gasteiger partial charge in [0, 0.05) is 13.0 Å². The summed E-state index contributed by atoms with van der Waals surface area (Å²) in [5.41, 5.74) is 0.383. The first-order valence-electron chi connectivity index (χ1n) is 5.70. The molecule has 1 aliphatic rings. The summed E-state index contributed by atoms with van der Waals surface area (Å²) in [7, 11) is 0. The average molecular weight is 252 g/mol. The number of rotatable bonds is 2. The van der Waals surface area contributed by atoms with Crippen molar-refractivity contribution in [1.82, 2.24) is 0 Å². The molecular weight excluding hydrogens is 239 g/mol. The highest BCUT2D eigenvalue weighted by atomic mass is 19.1. The van der Waals surface area contributed by atoms with Crippen molar-refractivity contribution in [3.05, 3.63) is 33.6 Å². The fourth-order valence-corrected chi connectivity index (χ4v) is 2.10. The fraction of sp³-hybridized carbons (Fsp3) is 0.417. The van der Waals surface area contributed by atoms with Crippen molar-refractivity contribution < 1.29 is 14.1 Å². The Hall–Kier alpha value is -1.98. The summed E-state index contributed by atoms with van der Waals surface area (Å²) in [4.78, 5) is 23.4. The van der Waals surface area contributed by atoms with E-state index in [1.54, 1.807) is 11.8 Å². The maximum Gasteiger partial charge on any atom is 0.295 e. The number of nitro benzene ring substituents is 1. The Labute approximate surface area is 103 Å². The number of hydrogen-bond acceptors (Lipinski definition) is 4. The predicted molar refractivity (Wildman–Crippen MR) is 64.2 cm³/mol. The molecule has 2 rings (SSSR count). The van der Waals surface area contributed by atoms with Crippen LogP contribution in [0.15, 0.2) is 12.1 Å². The first-order valence-corrected chi connectivity index (χ1v) is 5.70. The summed E-state index contributed by atoms with van der Waals surface area (Å²) in [5, 5.41) is 10.9. The lowest BCUT2D eigenvalue weighted by Crippen LogP contribution is -2.36. The second kappa shape index (κ2) is 4.72. The zero-order valence-electron chi connectivity index (χ0n) is 9.98. The Morgan fingerprint density at radius 3 is 2.78 bits per heavy atom. The van der Waals surface area contributed by atoms with E-state index in [0.29, 0.717) is 30.6 Å². The average Bonchev–Trinajstić information content (AvgIpc) is 2.31. The molecule has 1 saturated heterocycles. The lowest BCUT2D eigenvalue weighted by molar-refractivity contribution is -0.384. The minimum Gasteiger partial charge on any atom is -0.359 e. The maximum atomic E-state index is 13.4. The van der Waals surface area contributed by atoms with Gasteiger partial charge in [0.2, 0.25) is 0 Å². The van der Waals surface area contributed by atoms with Gasteiger partial charge in [-0.15, -0.1) is 0 Å². The van der Waals surface area contributed by atoms with Gasteiger partial charge in [-0.25, -0.2) is 4.39 Å². The molecule has 0 aromatic heterocycles. The van der Waals surface area contributed by atoms with Gasteiger partial charge in [0.05, 0.1) is 17.5 Å². The lowest BCUT2D eigenvalue weighted by atomic mass is 10.1. The third-order valence-corrected chi connectivity index (χ3v) is 3.04. The van der Waals surface area contributed by atoms with Crippen LogP contribution >= 0.6 is 0 Å².